The standard InChI is InChI=1S/C20H20N2O5S/c1-12(2)20(24)27-15-6-8-16(9-7-15)28(25,26)19(22-21)18(23)17-10-5-13(3)11-14(17)4/h5-12H,1-4H3. The lowest BCUT2D eigenvalue weighted by molar-refractivity contribution is -0.137. The van der Waals surface area contributed by atoms with Crippen LogP contribution in [0.4, 0.5) is 0 Å². The highest BCUT2D eigenvalue weighted by Crippen LogP contribution is 2.21. The van der Waals surface area contributed by atoms with Gasteiger partial charge in [-0.25, -0.2) is 8.42 Å². The quantitative estimate of drug-likeness (QED) is 0.145. The van der Waals surface area contributed by atoms with Crippen LogP contribution < -0.4 is 4.74 Å². The maximum Gasteiger partial charge on any atom is 0.456 e. The number of ether oxygens (including phenoxy) is 1. The van der Waals surface area contributed by atoms with Crippen LogP contribution in [0.1, 0.15) is 35.3 Å². The first-order valence-electron chi connectivity index (χ1n) is 8.48. The van der Waals surface area contributed by atoms with Crippen molar-refractivity contribution >= 4 is 26.6 Å². The number of esters is 1. The molecule has 0 atom stereocenters. The van der Waals surface area contributed by atoms with Crippen LogP contribution >= 0.6 is 0 Å². The highest BCUT2D eigenvalue weighted by atomic mass is 32.2. The van der Waals surface area contributed by atoms with E-state index in [0.717, 1.165) is 5.56 Å². The van der Waals surface area contributed by atoms with Crippen LogP contribution in [0.2, 0.25) is 0 Å². The van der Waals surface area contributed by atoms with Crippen molar-refractivity contribution in [1.82, 2.24) is 0 Å². The molecule has 28 heavy (non-hydrogen) atoms. The molecule has 0 aliphatic rings. The number of hydrogen-bond donors (Lipinski definition) is 0. The fourth-order valence-electron chi connectivity index (χ4n) is 2.44. The zero-order valence-corrected chi connectivity index (χ0v) is 16.8. The van der Waals surface area contributed by atoms with E-state index in [-0.39, 0.29) is 22.1 Å². The van der Waals surface area contributed by atoms with E-state index in [9.17, 15) is 23.5 Å². The molecule has 0 spiro atoms. The second kappa shape index (κ2) is 8.29. The maximum absolute atomic E-state index is 12.8. The van der Waals surface area contributed by atoms with Crippen LogP contribution in [-0.4, -0.2) is 30.0 Å². The first-order chi connectivity index (χ1) is 13.1. The molecule has 2 rings (SSSR count). The molecule has 0 radical (unpaired) electrons. The first-order valence-corrected chi connectivity index (χ1v) is 9.97. The van der Waals surface area contributed by atoms with E-state index in [2.05, 4.69) is 4.79 Å². The molecule has 0 N–H and O–H groups in total. The summed E-state index contributed by atoms with van der Waals surface area (Å²) >= 11 is 0. The predicted octanol–water partition coefficient (Wildman–Crippen LogP) is 3.15. The molecular formula is C20H20N2O5S. The Hall–Kier alpha value is -3.09. The molecule has 8 heteroatoms. The van der Waals surface area contributed by atoms with Gasteiger partial charge in [-0.2, -0.15) is 0 Å². The summed E-state index contributed by atoms with van der Waals surface area (Å²) in [7, 11) is -4.38. The minimum atomic E-state index is -4.38. The number of sulfone groups is 1. The van der Waals surface area contributed by atoms with Gasteiger partial charge in [0, 0.05) is 5.56 Å². The van der Waals surface area contributed by atoms with Crippen molar-refractivity contribution in [2.24, 2.45) is 5.92 Å². The molecule has 0 saturated carbocycles. The number of nitrogens with zero attached hydrogens (tertiary/aromatic N) is 2. The van der Waals surface area contributed by atoms with Gasteiger partial charge in [-0.3, -0.25) is 9.59 Å². The monoisotopic (exact) mass is 400 g/mol. The fourth-order valence-corrected chi connectivity index (χ4v) is 3.62. The second-order valence-electron chi connectivity index (χ2n) is 6.60. The van der Waals surface area contributed by atoms with Gasteiger partial charge in [0.2, 0.25) is 0 Å². The van der Waals surface area contributed by atoms with Gasteiger partial charge < -0.3 is 10.3 Å². The van der Waals surface area contributed by atoms with E-state index in [0.29, 0.717) is 5.56 Å². The number of ketones is 1. The van der Waals surface area contributed by atoms with Crippen LogP contribution in [0.25, 0.3) is 5.53 Å². The second-order valence-corrected chi connectivity index (χ2v) is 8.47. The Morgan fingerprint density at radius 3 is 2.14 bits per heavy atom. The molecule has 0 amide bonds. The molecule has 7 nitrogen and oxygen atoms in total. The van der Waals surface area contributed by atoms with Gasteiger partial charge in [0.15, 0.2) is 0 Å². The summed E-state index contributed by atoms with van der Waals surface area (Å²) < 4.78 is 30.7. The van der Waals surface area contributed by atoms with Gasteiger partial charge in [0.25, 0.3) is 15.6 Å². The number of benzene rings is 2. The van der Waals surface area contributed by atoms with Crippen LogP contribution in [0.5, 0.6) is 5.75 Å². The topological polar surface area (TPSA) is 114 Å². The van der Waals surface area contributed by atoms with E-state index >= 15 is 0 Å². The lowest BCUT2D eigenvalue weighted by Gasteiger charge is -2.07. The Labute approximate surface area is 163 Å². The lowest BCUT2D eigenvalue weighted by atomic mass is 10.0. The van der Waals surface area contributed by atoms with Gasteiger partial charge in [-0.1, -0.05) is 37.6 Å². The van der Waals surface area contributed by atoms with Gasteiger partial charge in [-0.05, 0) is 43.7 Å². The van der Waals surface area contributed by atoms with Gasteiger partial charge in [0.1, 0.15) is 5.75 Å². The van der Waals surface area contributed by atoms with E-state index in [1.165, 1.54) is 30.3 Å². The summed E-state index contributed by atoms with van der Waals surface area (Å²) in [5.74, 6) is -1.54. The summed E-state index contributed by atoms with van der Waals surface area (Å²) in [4.78, 5) is 26.8. The predicted molar refractivity (Wildman–Crippen MR) is 103 cm³/mol. The zero-order valence-electron chi connectivity index (χ0n) is 16.0. The minimum Gasteiger partial charge on any atom is -0.426 e. The highest BCUT2D eigenvalue weighted by molar-refractivity contribution is 8.08. The van der Waals surface area contributed by atoms with E-state index in [1.54, 1.807) is 32.9 Å². The van der Waals surface area contributed by atoms with Crippen LogP contribution in [0.15, 0.2) is 47.4 Å². The Kier molecular flexibility index (Phi) is 6.28. The Balaban J connectivity index is 2.37. The van der Waals surface area contributed by atoms with Crippen molar-refractivity contribution < 1.29 is 27.5 Å². The molecule has 146 valence electrons. The fraction of sp³-hybridized carbons (Fsp3) is 0.250. The molecule has 0 heterocycles. The molecule has 0 unspecified atom stereocenters. The zero-order chi connectivity index (χ0) is 21.1. The summed E-state index contributed by atoms with van der Waals surface area (Å²) in [5, 5.41) is -0.980. The number of hydrogen-bond acceptors (Lipinski definition) is 5. The highest BCUT2D eigenvalue weighted by Gasteiger charge is 2.38. The number of Topliss-reactive ketones (excluding diaryl/α,β-unsaturated/α-hetero) is 1. The maximum atomic E-state index is 12.8. The molecular weight excluding hydrogens is 380 g/mol. The molecule has 0 bridgehead atoms. The summed E-state index contributed by atoms with van der Waals surface area (Å²) in [5.41, 5.74) is 10.9. The third-order valence-electron chi connectivity index (χ3n) is 3.99. The summed E-state index contributed by atoms with van der Waals surface area (Å²) in [6.07, 6.45) is 0. The van der Waals surface area contributed by atoms with Crippen molar-refractivity contribution in [2.75, 3.05) is 0 Å². The Morgan fingerprint density at radius 2 is 1.64 bits per heavy atom. The van der Waals surface area contributed by atoms with Crippen molar-refractivity contribution in [3.63, 3.8) is 0 Å². The lowest BCUT2D eigenvalue weighted by Crippen LogP contribution is -2.26. The Morgan fingerprint density at radius 1 is 1.04 bits per heavy atom. The third kappa shape index (κ3) is 4.42. The van der Waals surface area contributed by atoms with Gasteiger partial charge in [-0.15, -0.1) is 4.79 Å². The molecule has 0 aromatic heterocycles. The van der Waals surface area contributed by atoms with Crippen LogP contribution in [0, 0.1) is 19.8 Å². The molecule has 0 fully saturated rings. The van der Waals surface area contributed by atoms with Crippen molar-refractivity contribution in [2.45, 2.75) is 32.6 Å². The summed E-state index contributed by atoms with van der Waals surface area (Å²) in [6, 6.07) is 9.83. The molecule has 0 aliphatic carbocycles. The SMILES string of the molecule is Cc1ccc(C(=O)C(=[N+]=[N-])S(=O)(=O)c2ccc(OC(=O)C(C)C)cc2)c(C)c1. The van der Waals surface area contributed by atoms with Crippen LogP contribution in [0.3, 0.4) is 0 Å². The van der Waals surface area contributed by atoms with E-state index < -0.39 is 26.6 Å². The van der Waals surface area contributed by atoms with Crippen molar-refractivity contribution in [1.29, 1.82) is 0 Å². The van der Waals surface area contributed by atoms with Gasteiger partial charge >= 0.3 is 11.0 Å². The van der Waals surface area contributed by atoms with E-state index in [1.807, 2.05) is 6.92 Å². The minimum absolute atomic E-state index is 0.129. The Bertz CT molecular complexity index is 1080. The molecule has 2 aromatic rings. The number of rotatable bonds is 5. The average molecular weight is 400 g/mol. The number of aryl methyl sites for hydroxylation is 2. The largest absolute Gasteiger partial charge is 0.456 e. The number of carbonyl (C=O) groups excluding carboxylic acids is 2. The number of carbonyl (C=O) groups is 2. The van der Waals surface area contributed by atoms with Crippen molar-refractivity contribution in [3.05, 3.63) is 64.7 Å². The van der Waals surface area contributed by atoms with Crippen LogP contribution in [-0.2, 0) is 14.6 Å². The van der Waals surface area contributed by atoms with E-state index in [4.69, 9.17) is 4.74 Å². The molecule has 0 aliphatic heterocycles. The first kappa shape index (κ1) is 21.2. The average Bonchev–Trinajstić information content (AvgIpc) is 2.62. The van der Waals surface area contributed by atoms with Crippen molar-refractivity contribution in [3.8, 4) is 5.75 Å². The summed E-state index contributed by atoms with van der Waals surface area (Å²) in [6.45, 7) is 6.85. The molecule has 2 aromatic carbocycles. The normalized spacial score (nSPS) is 11.0. The van der Waals surface area contributed by atoms with Gasteiger partial charge in [0.05, 0.1) is 10.8 Å². The third-order valence-corrected chi connectivity index (χ3v) is 5.66. The molecule has 0 saturated heterocycles. The smallest absolute Gasteiger partial charge is 0.426 e.